The van der Waals surface area contributed by atoms with Gasteiger partial charge in [0.15, 0.2) is 28.6 Å². The number of nitrogens with zero attached hydrogens (tertiary/aromatic N) is 2. The van der Waals surface area contributed by atoms with E-state index in [0.29, 0.717) is 18.6 Å². The third-order valence-corrected chi connectivity index (χ3v) is 12.9. The molecule has 1 aliphatic carbocycles. The van der Waals surface area contributed by atoms with Gasteiger partial charge in [-0.1, -0.05) is 70.1 Å². The zero-order valence-electron chi connectivity index (χ0n) is 42.6. The number of epoxide rings is 2. The first-order valence-corrected chi connectivity index (χ1v) is 24.7. The van der Waals surface area contributed by atoms with Crippen LogP contribution in [0.4, 0.5) is 0 Å². The summed E-state index contributed by atoms with van der Waals surface area (Å²) < 4.78 is 32.0. The Morgan fingerprint density at radius 3 is 1.65 bits per heavy atom. The second-order valence-corrected chi connectivity index (χ2v) is 20.1. The fraction of sp³-hybridized carbons (Fsp3) is 0.680. The van der Waals surface area contributed by atoms with Crippen molar-refractivity contribution in [3.63, 3.8) is 0 Å². The van der Waals surface area contributed by atoms with Crippen molar-refractivity contribution in [2.75, 3.05) is 40.6 Å². The standard InChI is InChI=1S/C50H72N8O14/c1-10-14-33(51-47(65)39(24-67-8)55-45(63)37-21-30(6)71-57-37)43(61)53-35(20-29(4)5)42(60)50(27-70-50)18-17-32-23-38(58-72-32)46(64)56-40(25-68-9)48(66)54-36(22-31-15-12-11-13-16-31)44(62)52-34(19-28(2)3)41(59)49(7)26-69-49/h1,21,23,28-29,31,33-36,39-40H,11-20,22,24-27H2,2-9H3,(H,51,65)(H,52,62)(H,53,61)(H,54,66)(H,55,63)(H,56,64)/t33?,34?,35?,36-,39?,40?,49+,50+/m0/s1. The summed E-state index contributed by atoms with van der Waals surface area (Å²) in [6.07, 6.45) is 11.4. The van der Waals surface area contributed by atoms with Crippen LogP contribution in [0.25, 0.3) is 0 Å². The van der Waals surface area contributed by atoms with Crippen LogP contribution in [0.1, 0.15) is 131 Å². The van der Waals surface area contributed by atoms with Gasteiger partial charge in [-0.05, 0) is 57.3 Å². The maximum Gasteiger partial charge on any atom is 0.274 e. The van der Waals surface area contributed by atoms with E-state index >= 15 is 0 Å². The molecule has 3 aliphatic rings. The van der Waals surface area contributed by atoms with E-state index in [1.165, 1.54) is 26.4 Å². The molecule has 4 heterocycles. The number of ether oxygens (including phenoxy) is 4. The summed E-state index contributed by atoms with van der Waals surface area (Å²) in [5.74, 6) is -1.62. The van der Waals surface area contributed by atoms with E-state index in [4.69, 9.17) is 34.4 Å². The summed E-state index contributed by atoms with van der Waals surface area (Å²) in [5.41, 5.74) is -2.49. The fourth-order valence-corrected chi connectivity index (χ4v) is 8.74. The van der Waals surface area contributed by atoms with Gasteiger partial charge in [0, 0.05) is 39.2 Å². The Morgan fingerprint density at radius 2 is 1.17 bits per heavy atom. The number of aryl methyl sites for hydroxylation is 2. The van der Waals surface area contributed by atoms with Crippen LogP contribution in [-0.2, 0) is 54.1 Å². The van der Waals surface area contributed by atoms with Gasteiger partial charge in [0.05, 0.1) is 38.5 Å². The summed E-state index contributed by atoms with van der Waals surface area (Å²) in [5, 5.41) is 23.8. The van der Waals surface area contributed by atoms with Crippen LogP contribution in [0.2, 0.25) is 0 Å². The second-order valence-electron chi connectivity index (χ2n) is 20.1. The molecule has 5 unspecified atom stereocenters. The number of ketones is 2. The molecule has 0 aromatic carbocycles. The number of carbonyl (C=O) groups is 8. The molecule has 5 rings (SSSR count). The molecule has 6 N–H and O–H groups in total. The van der Waals surface area contributed by atoms with Crippen LogP contribution < -0.4 is 31.9 Å². The average Bonchev–Trinajstić information content (AvgIpc) is 4.18. The van der Waals surface area contributed by atoms with Gasteiger partial charge in [0.2, 0.25) is 23.6 Å². The molecule has 2 aliphatic heterocycles. The van der Waals surface area contributed by atoms with Crippen molar-refractivity contribution in [1.82, 2.24) is 42.2 Å². The smallest absolute Gasteiger partial charge is 0.274 e. The van der Waals surface area contributed by atoms with Crippen molar-refractivity contribution >= 4 is 47.0 Å². The Hall–Kier alpha value is -6.02. The SMILES string of the molecule is C#CCC(NC(=O)C(COC)NC(=O)c1cc(C)on1)C(=O)NC(CC(C)C)C(=O)[C@@]1(CCc2cc(C(=O)NC(COC)C(=O)N[C@@H](CC3CCCCC3)C(=O)NC(CC(C)C)C(=O)[C@@]3(C)CO3)no2)CO1. The number of terminal acetylenes is 1. The predicted molar refractivity (Wildman–Crippen MR) is 257 cm³/mol. The zero-order valence-corrected chi connectivity index (χ0v) is 42.6. The molecule has 0 radical (unpaired) electrons. The first-order chi connectivity index (χ1) is 34.2. The van der Waals surface area contributed by atoms with Crippen molar-refractivity contribution in [1.29, 1.82) is 0 Å². The Morgan fingerprint density at radius 1 is 0.681 bits per heavy atom. The fourth-order valence-electron chi connectivity index (χ4n) is 8.74. The van der Waals surface area contributed by atoms with Gasteiger partial charge in [0.1, 0.15) is 41.3 Å². The lowest BCUT2D eigenvalue weighted by atomic mass is 9.84. The lowest BCUT2D eigenvalue weighted by Crippen LogP contribution is -2.58. The number of methoxy groups -OCH3 is 2. The molecule has 8 atom stereocenters. The monoisotopic (exact) mass is 1010 g/mol. The largest absolute Gasteiger partial charge is 0.382 e. The maximum atomic E-state index is 14.2. The number of hydrogen-bond donors (Lipinski definition) is 6. The third-order valence-electron chi connectivity index (χ3n) is 12.9. The van der Waals surface area contributed by atoms with E-state index in [9.17, 15) is 38.4 Å². The van der Waals surface area contributed by atoms with Crippen LogP contribution in [0.5, 0.6) is 0 Å². The van der Waals surface area contributed by atoms with Gasteiger partial charge in [-0.2, -0.15) is 0 Å². The molecule has 2 aromatic rings. The van der Waals surface area contributed by atoms with Gasteiger partial charge in [0.25, 0.3) is 11.8 Å². The second kappa shape index (κ2) is 26.1. The molecule has 0 spiro atoms. The van der Waals surface area contributed by atoms with Gasteiger partial charge in [-0.25, -0.2) is 0 Å². The van der Waals surface area contributed by atoms with Gasteiger partial charge in [-0.15, -0.1) is 12.3 Å². The minimum atomic E-state index is -1.31. The van der Waals surface area contributed by atoms with Crippen LogP contribution in [0.15, 0.2) is 21.2 Å². The van der Waals surface area contributed by atoms with E-state index in [2.05, 4.69) is 48.1 Å². The van der Waals surface area contributed by atoms with Crippen molar-refractivity contribution in [2.24, 2.45) is 17.8 Å². The number of nitrogens with one attached hydrogen (secondary N) is 6. The van der Waals surface area contributed by atoms with Gasteiger partial charge >= 0.3 is 0 Å². The molecule has 2 aromatic heterocycles. The minimum absolute atomic E-state index is 0.0435. The number of carbonyl (C=O) groups excluding carboxylic acids is 8. The Labute approximate surface area is 420 Å². The van der Waals surface area contributed by atoms with Crippen LogP contribution in [0, 0.1) is 37.0 Å². The molecule has 396 valence electrons. The molecular formula is C50H72N8O14. The summed E-state index contributed by atoms with van der Waals surface area (Å²) >= 11 is 0. The van der Waals surface area contributed by atoms with Crippen molar-refractivity contribution in [3.8, 4) is 12.3 Å². The van der Waals surface area contributed by atoms with E-state index in [1.807, 2.05) is 27.7 Å². The molecule has 22 nitrogen and oxygen atoms in total. The molecule has 72 heavy (non-hydrogen) atoms. The maximum absolute atomic E-state index is 14.2. The minimum Gasteiger partial charge on any atom is -0.382 e. The zero-order chi connectivity index (χ0) is 52.8. The van der Waals surface area contributed by atoms with E-state index in [0.717, 1.165) is 32.1 Å². The first kappa shape index (κ1) is 56.9. The Bertz CT molecular complexity index is 2270. The van der Waals surface area contributed by atoms with Gasteiger partial charge < -0.3 is 59.9 Å². The summed E-state index contributed by atoms with van der Waals surface area (Å²) in [4.78, 5) is 109. The molecule has 6 amide bonds. The number of rotatable bonds is 30. The molecule has 22 heteroatoms. The molecule has 0 bridgehead atoms. The van der Waals surface area contributed by atoms with E-state index in [-0.39, 0.29) is 92.8 Å². The van der Waals surface area contributed by atoms with Gasteiger partial charge in [-0.3, -0.25) is 38.4 Å². The molecular weight excluding hydrogens is 937 g/mol. The summed E-state index contributed by atoms with van der Waals surface area (Å²) in [6.45, 7) is 10.8. The summed E-state index contributed by atoms with van der Waals surface area (Å²) in [6, 6.07) is -3.89. The normalized spacial score (nSPS) is 21.0. The van der Waals surface area contributed by atoms with Crippen LogP contribution in [0.3, 0.4) is 0 Å². The predicted octanol–water partition coefficient (Wildman–Crippen LogP) is 1.81. The van der Waals surface area contributed by atoms with Crippen LogP contribution in [-0.4, -0.2) is 145 Å². The third kappa shape index (κ3) is 16.2. The molecule has 1 saturated carbocycles. The van der Waals surface area contributed by atoms with Crippen molar-refractivity contribution in [3.05, 3.63) is 35.0 Å². The van der Waals surface area contributed by atoms with E-state index in [1.54, 1.807) is 13.8 Å². The van der Waals surface area contributed by atoms with Crippen LogP contribution >= 0.6 is 0 Å². The quantitative estimate of drug-likeness (QED) is 0.0480. The molecule has 2 saturated heterocycles. The average molecular weight is 1010 g/mol. The Kier molecular flexibility index (Phi) is 20.6. The number of hydrogen-bond acceptors (Lipinski definition) is 16. The number of amides is 6. The number of Topliss-reactive ketones (excluding diaryl/α,β-unsaturated/α-hetero) is 2. The van der Waals surface area contributed by atoms with Crippen molar-refractivity contribution < 1.29 is 66.3 Å². The number of aromatic nitrogens is 2. The highest BCUT2D eigenvalue weighted by molar-refractivity contribution is 6.01. The lowest BCUT2D eigenvalue weighted by Gasteiger charge is -2.29. The molecule has 3 fully saturated rings. The van der Waals surface area contributed by atoms with E-state index < -0.39 is 88.7 Å². The Balaban J connectivity index is 1.20. The highest BCUT2D eigenvalue weighted by atomic mass is 16.6. The highest BCUT2D eigenvalue weighted by Crippen LogP contribution is 2.36. The first-order valence-electron chi connectivity index (χ1n) is 24.7. The lowest BCUT2D eigenvalue weighted by molar-refractivity contribution is -0.134. The highest BCUT2D eigenvalue weighted by Gasteiger charge is 2.54. The topological polar surface area (TPSA) is 304 Å². The summed E-state index contributed by atoms with van der Waals surface area (Å²) in [7, 11) is 2.69. The van der Waals surface area contributed by atoms with Crippen molar-refractivity contribution in [2.45, 2.75) is 160 Å².